The number of esters is 1. The molecule has 0 aromatic rings. The van der Waals surface area contributed by atoms with E-state index < -0.39 is 17.2 Å². The minimum absolute atomic E-state index is 0.0871. The van der Waals surface area contributed by atoms with Crippen molar-refractivity contribution >= 4 is 5.97 Å². The summed E-state index contributed by atoms with van der Waals surface area (Å²) in [6, 6.07) is 0. The summed E-state index contributed by atoms with van der Waals surface area (Å²) in [4.78, 5) is 11.6. The predicted octanol–water partition coefficient (Wildman–Crippen LogP) is 2.46. The Bertz CT molecular complexity index is 412. The number of hydrogen-bond donors (Lipinski definition) is 1. The zero-order valence-electron chi connectivity index (χ0n) is 11.9. The number of carbonyl (C=O) groups is 1. The van der Waals surface area contributed by atoms with Crippen molar-refractivity contribution in [3.8, 4) is 0 Å². The molecular weight excluding hydrogens is 247 g/mol. The van der Waals surface area contributed by atoms with Crippen LogP contribution in [0.5, 0.6) is 0 Å². The number of aliphatic hydroxyl groups is 1. The van der Waals surface area contributed by atoms with Gasteiger partial charge in [0.1, 0.15) is 0 Å². The van der Waals surface area contributed by atoms with Gasteiger partial charge in [0.05, 0.1) is 12.2 Å². The van der Waals surface area contributed by atoms with Crippen LogP contribution < -0.4 is 0 Å². The molecule has 5 atom stereocenters. The van der Waals surface area contributed by atoms with E-state index in [4.69, 9.17) is 4.74 Å². The van der Waals surface area contributed by atoms with E-state index in [-0.39, 0.29) is 12.0 Å². The van der Waals surface area contributed by atoms with E-state index in [0.717, 1.165) is 18.8 Å². The van der Waals surface area contributed by atoms with E-state index in [2.05, 4.69) is 0 Å². The lowest BCUT2D eigenvalue weighted by molar-refractivity contribution is -0.259. The fourth-order valence-electron chi connectivity index (χ4n) is 4.96. The molecule has 0 aliphatic heterocycles. The molecule has 3 aliphatic carbocycles. The SMILES string of the molecule is CC1(O)CC2CC3CC(COC(=O)C(C)(C)F)(C1)C23. The molecule has 3 saturated carbocycles. The topological polar surface area (TPSA) is 46.5 Å². The van der Waals surface area contributed by atoms with Gasteiger partial charge in [-0.2, -0.15) is 0 Å². The van der Waals surface area contributed by atoms with E-state index in [1.54, 1.807) is 0 Å². The van der Waals surface area contributed by atoms with Gasteiger partial charge in [-0.05, 0) is 64.2 Å². The highest BCUT2D eigenvalue weighted by molar-refractivity contribution is 5.78. The summed E-state index contributed by atoms with van der Waals surface area (Å²) in [6.45, 7) is 4.59. The Morgan fingerprint density at radius 1 is 1.42 bits per heavy atom. The van der Waals surface area contributed by atoms with Crippen molar-refractivity contribution in [2.45, 2.75) is 57.7 Å². The second-order valence-electron chi connectivity index (χ2n) is 7.77. The van der Waals surface area contributed by atoms with Gasteiger partial charge < -0.3 is 9.84 Å². The van der Waals surface area contributed by atoms with E-state index >= 15 is 0 Å². The van der Waals surface area contributed by atoms with Gasteiger partial charge in [0.2, 0.25) is 5.67 Å². The van der Waals surface area contributed by atoms with E-state index in [1.165, 1.54) is 20.3 Å². The minimum atomic E-state index is -1.93. The third kappa shape index (κ3) is 1.99. The lowest BCUT2D eigenvalue weighted by Gasteiger charge is -2.70. The van der Waals surface area contributed by atoms with Gasteiger partial charge in [-0.1, -0.05) is 0 Å². The Morgan fingerprint density at radius 3 is 2.63 bits per heavy atom. The molecule has 0 aromatic carbocycles. The first-order valence-corrected chi connectivity index (χ1v) is 7.22. The van der Waals surface area contributed by atoms with Gasteiger partial charge in [0.15, 0.2) is 0 Å². The molecule has 0 spiro atoms. The summed E-state index contributed by atoms with van der Waals surface area (Å²) in [6.07, 6.45) is 3.76. The highest BCUT2D eigenvalue weighted by Crippen LogP contribution is 2.71. The largest absolute Gasteiger partial charge is 0.463 e. The van der Waals surface area contributed by atoms with Crippen LogP contribution in [-0.2, 0) is 9.53 Å². The van der Waals surface area contributed by atoms with Crippen LogP contribution in [-0.4, -0.2) is 29.0 Å². The maximum atomic E-state index is 13.5. The molecule has 0 bridgehead atoms. The second-order valence-corrected chi connectivity index (χ2v) is 7.77. The van der Waals surface area contributed by atoms with Crippen molar-refractivity contribution in [3.63, 3.8) is 0 Å². The molecular formula is C15H23FO3. The summed E-state index contributed by atoms with van der Waals surface area (Å²) in [7, 11) is 0. The standard InChI is InChI=1S/C15H23FO3/c1-13(2,16)12(17)19-8-15-6-10-4-9(11(10)15)5-14(3,18)7-15/h9-11,18H,4-8H2,1-3H3. The Labute approximate surface area is 113 Å². The van der Waals surface area contributed by atoms with Crippen molar-refractivity contribution in [3.05, 3.63) is 0 Å². The van der Waals surface area contributed by atoms with Gasteiger partial charge in [-0.3, -0.25) is 0 Å². The molecule has 5 unspecified atom stereocenters. The van der Waals surface area contributed by atoms with Gasteiger partial charge in [0.25, 0.3) is 0 Å². The molecule has 19 heavy (non-hydrogen) atoms. The Balaban J connectivity index is 1.68. The van der Waals surface area contributed by atoms with E-state index in [0.29, 0.717) is 18.3 Å². The minimum Gasteiger partial charge on any atom is -0.463 e. The van der Waals surface area contributed by atoms with Crippen molar-refractivity contribution in [2.24, 2.45) is 23.2 Å². The van der Waals surface area contributed by atoms with Gasteiger partial charge in [-0.15, -0.1) is 0 Å². The summed E-state index contributed by atoms with van der Waals surface area (Å²) in [5, 5.41) is 10.4. The van der Waals surface area contributed by atoms with Crippen LogP contribution in [0.15, 0.2) is 0 Å². The average molecular weight is 270 g/mol. The molecule has 0 aromatic heterocycles. The maximum Gasteiger partial charge on any atom is 0.343 e. The van der Waals surface area contributed by atoms with Gasteiger partial charge >= 0.3 is 5.97 Å². The van der Waals surface area contributed by atoms with Crippen LogP contribution in [0.25, 0.3) is 0 Å². The number of ether oxygens (including phenoxy) is 1. The molecule has 0 amide bonds. The molecule has 3 fully saturated rings. The first-order valence-electron chi connectivity index (χ1n) is 7.22. The highest BCUT2D eigenvalue weighted by atomic mass is 19.1. The predicted molar refractivity (Wildman–Crippen MR) is 68.1 cm³/mol. The smallest absolute Gasteiger partial charge is 0.343 e. The molecule has 3 aliphatic rings. The molecule has 3 rings (SSSR count). The average Bonchev–Trinajstić information content (AvgIpc) is 2.18. The first kappa shape index (κ1) is 13.3. The summed E-state index contributed by atoms with van der Waals surface area (Å²) in [5.41, 5.74) is -2.68. The molecule has 0 radical (unpaired) electrons. The Kier molecular flexibility index (Phi) is 2.61. The number of halogens is 1. The Morgan fingerprint density at radius 2 is 2.05 bits per heavy atom. The molecule has 0 saturated heterocycles. The second kappa shape index (κ2) is 3.72. The molecule has 1 N–H and O–H groups in total. The first-order chi connectivity index (χ1) is 8.63. The van der Waals surface area contributed by atoms with Crippen molar-refractivity contribution in [1.82, 2.24) is 0 Å². The third-order valence-corrected chi connectivity index (χ3v) is 5.41. The monoisotopic (exact) mass is 270 g/mol. The van der Waals surface area contributed by atoms with E-state index in [1.807, 2.05) is 6.92 Å². The number of alkyl halides is 1. The van der Waals surface area contributed by atoms with E-state index in [9.17, 15) is 14.3 Å². The number of hydrogen-bond acceptors (Lipinski definition) is 3. The summed E-state index contributed by atoms with van der Waals surface area (Å²) < 4.78 is 18.7. The molecule has 0 heterocycles. The Hall–Kier alpha value is -0.640. The van der Waals surface area contributed by atoms with Crippen molar-refractivity contribution < 1.29 is 19.0 Å². The molecule has 108 valence electrons. The van der Waals surface area contributed by atoms with Gasteiger partial charge in [-0.25, -0.2) is 9.18 Å². The number of carbonyl (C=O) groups excluding carboxylic acids is 1. The number of rotatable bonds is 3. The molecule has 4 heteroatoms. The lowest BCUT2D eigenvalue weighted by atomic mass is 9.35. The van der Waals surface area contributed by atoms with Crippen molar-refractivity contribution in [2.75, 3.05) is 6.61 Å². The van der Waals surface area contributed by atoms with Crippen LogP contribution in [0, 0.1) is 23.2 Å². The van der Waals surface area contributed by atoms with Crippen molar-refractivity contribution in [1.29, 1.82) is 0 Å². The summed E-state index contributed by atoms with van der Waals surface area (Å²) >= 11 is 0. The van der Waals surface area contributed by atoms with Crippen LogP contribution >= 0.6 is 0 Å². The fraction of sp³-hybridized carbons (Fsp3) is 0.933. The summed E-state index contributed by atoms with van der Waals surface area (Å²) in [5.74, 6) is 1.12. The maximum absolute atomic E-state index is 13.5. The van der Waals surface area contributed by atoms with Gasteiger partial charge in [0, 0.05) is 5.41 Å². The fourth-order valence-corrected chi connectivity index (χ4v) is 4.96. The van der Waals surface area contributed by atoms with Crippen LogP contribution in [0.4, 0.5) is 4.39 Å². The normalized spacial score (nSPS) is 47.7. The quantitative estimate of drug-likeness (QED) is 0.801. The highest BCUT2D eigenvalue weighted by Gasteiger charge is 2.68. The van der Waals surface area contributed by atoms with Crippen LogP contribution in [0.1, 0.15) is 46.5 Å². The van der Waals surface area contributed by atoms with Crippen LogP contribution in [0.3, 0.4) is 0 Å². The third-order valence-electron chi connectivity index (χ3n) is 5.41. The van der Waals surface area contributed by atoms with Crippen LogP contribution in [0.2, 0.25) is 0 Å². The molecule has 3 nitrogen and oxygen atoms in total. The lowest BCUT2D eigenvalue weighted by Crippen LogP contribution is -2.67. The zero-order chi connectivity index (χ0) is 14.1. The zero-order valence-corrected chi connectivity index (χ0v) is 11.9.